The normalized spacial score (nSPS) is 15.7. The largest absolute Gasteiger partial charge is 0.391 e. The molecule has 4 heterocycles. The number of fused-ring (bicyclic) bond motifs is 3. The third kappa shape index (κ3) is 12.0. The van der Waals surface area contributed by atoms with Crippen molar-refractivity contribution in [1.29, 1.82) is 0 Å². The average Bonchev–Trinajstić information content (AvgIpc) is 3.93. The van der Waals surface area contributed by atoms with E-state index in [1.165, 1.54) is 23.1 Å². The van der Waals surface area contributed by atoms with Gasteiger partial charge in [-0.2, -0.15) is 0 Å². The second kappa shape index (κ2) is 22.0. The number of aromatic nitrogens is 3. The molecule has 0 aliphatic carbocycles. The zero-order valence-corrected chi connectivity index (χ0v) is 41.0. The molecule has 0 saturated carbocycles. The van der Waals surface area contributed by atoms with Crippen molar-refractivity contribution >= 4 is 63.9 Å². The van der Waals surface area contributed by atoms with Crippen LogP contribution in [-0.4, -0.2) is 98.8 Å². The van der Waals surface area contributed by atoms with Gasteiger partial charge in [0.1, 0.15) is 30.3 Å². The van der Waals surface area contributed by atoms with Gasteiger partial charge in [-0.25, -0.2) is 23.7 Å². The fourth-order valence-electron chi connectivity index (χ4n) is 8.38. The number of aliphatic imine (C=N–C) groups is 1. The molecule has 2 aromatic heterocycles. The summed E-state index contributed by atoms with van der Waals surface area (Å²) in [6.45, 7) is 7.68. The van der Waals surface area contributed by atoms with Gasteiger partial charge in [0.05, 0.1) is 45.7 Å². The van der Waals surface area contributed by atoms with Gasteiger partial charge in [0.2, 0.25) is 23.7 Å². The topological polar surface area (TPSA) is 200 Å². The Labute approximate surface area is 418 Å². The Morgan fingerprint density at radius 1 is 0.958 bits per heavy atom. The molecule has 1 fully saturated rings. The molecule has 368 valence electrons. The van der Waals surface area contributed by atoms with Gasteiger partial charge in [-0.05, 0) is 78.4 Å². The number of thiazole rings is 1. The average molecular weight is 1000 g/mol. The van der Waals surface area contributed by atoms with Crippen LogP contribution in [0.5, 0.6) is 0 Å². The van der Waals surface area contributed by atoms with Crippen LogP contribution in [0.25, 0.3) is 21.7 Å². The van der Waals surface area contributed by atoms with Crippen molar-refractivity contribution in [3.05, 3.63) is 147 Å². The lowest BCUT2D eigenvalue weighted by molar-refractivity contribution is -0.144. The van der Waals surface area contributed by atoms with Crippen molar-refractivity contribution in [3.63, 3.8) is 0 Å². The molecule has 3 atom stereocenters. The highest BCUT2D eigenvalue weighted by molar-refractivity contribution is 7.13. The van der Waals surface area contributed by atoms with Crippen LogP contribution >= 0.6 is 22.9 Å². The highest BCUT2D eigenvalue weighted by Crippen LogP contribution is 2.35. The number of hydrogen-bond donors (Lipinski definition) is 5. The minimum Gasteiger partial charge on any atom is -0.391 e. The molecule has 19 heteroatoms. The van der Waals surface area contributed by atoms with Gasteiger partial charge >= 0.3 is 0 Å². The van der Waals surface area contributed by atoms with E-state index in [1.807, 2.05) is 31.2 Å². The van der Waals surface area contributed by atoms with Crippen molar-refractivity contribution in [2.45, 2.75) is 71.8 Å². The van der Waals surface area contributed by atoms with Crippen molar-refractivity contribution in [1.82, 2.24) is 35.8 Å². The Bertz CT molecular complexity index is 2960. The number of β-amino-alcohol motifs (C(OH)–C–C–N with tert-alkyl or cyclic N) is 1. The first kappa shape index (κ1) is 50.4. The van der Waals surface area contributed by atoms with E-state index in [1.54, 1.807) is 86.3 Å². The van der Waals surface area contributed by atoms with E-state index in [2.05, 4.69) is 36.2 Å². The van der Waals surface area contributed by atoms with E-state index in [9.17, 15) is 33.1 Å². The number of carbonyl (C=O) groups is 4. The standard InChI is InChI=1S/C52H52ClF2N9O6S/c1-29-46(71-28-60-29)31-11-9-30(10-12-31)23-58-49(68)41-22-36(65)26-64(41)50(69)47(52(2,3)4)62-42(66)27-70-20-6-19-56-48(67)32-13-16-35(17-14-32)61-51-59-25-33-24-57-45(43-39(54)7-5-8-40(43)55)38-21-34(53)15-18-37(38)44(33)63-51/h5,7-18,21,25,28,36,41,47,65H,6,19-20,22-24,26-27H2,1-4H3,(H,56,67)(H,58,68)(H,62,66)(H,59,61,63)/t36-,41+,47-/m1/s1. The summed E-state index contributed by atoms with van der Waals surface area (Å²) in [6.07, 6.45) is 1.16. The summed E-state index contributed by atoms with van der Waals surface area (Å²) >= 11 is 7.91. The highest BCUT2D eigenvalue weighted by Gasteiger charge is 2.44. The van der Waals surface area contributed by atoms with Gasteiger partial charge in [-0.15, -0.1) is 11.3 Å². The number of likely N-dealkylation sites (tertiary alicyclic amines) is 1. The lowest BCUT2D eigenvalue weighted by atomic mass is 9.85. The molecule has 8 rings (SSSR count). The third-order valence-corrected chi connectivity index (χ3v) is 13.3. The number of anilines is 2. The van der Waals surface area contributed by atoms with Crippen molar-refractivity contribution in [2.75, 3.05) is 31.6 Å². The number of nitrogens with zero attached hydrogens (tertiary/aromatic N) is 5. The second-order valence-corrected chi connectivity index (χ2v) is 19.6. The van der Waals surface area contributed by atoms with Gasteiger partial charge in [-0.1, -0.05) is 68.8 Å². The van der Waals surface area contributed by atoms with Crippen LogP contribution in [0.15, 0.2) is 102 Å². The van der Waals surface area contributed by atoms with Gasteiger partial charge in [0.15, 0.2) is 0 Å². The summed E-state index contributed by atoms with van der Waals surface area (Å²) in [5.74, 6) is -2.99. The third-order valence-electron chi connectivity index (χ3n) is 12.1. The molecule has 0 radical (unpaired) electrons. The number of aryl methyl sites for hydroxylation is 1. The summed E-state index contributed by atoms with van der Waals surface area (Å²) in [4.78, 5) is 74.0. The van der Waals surface area contributed by atoms with E-state index in [4.69, 9.17) is 21.3 Å². The van der Waals surface area contributed by atoms with Crippen LogP contribution in [0.3, 0.4) is 0 Å². The van der Waals surface area contributed by atoms with Crippen LogP contribution in [0.1, 0.15) is 71.9 Å². The first-order chi connectivity index (χ1) is 34.0. The number of amides is 4. The quantitative estimate of drug-likeness (QED) is 0.0604. The molecule has 0 bridgehead atoms. The molecule has 15 nitrogen and oxygen atoms in total. The van der Waals surface area contributed by atoms with E-state index in [0.29, 0.717) is 45.1 Å². The Balaban J connectivity index is 0.785. The zero-order valence-electron chi connectivity index (χ0n) is 39.4. The smallest absolute Gasteiger partial charge is 0.251 e. The van der Waals surface area contributed by atoms with E-state index in [-0.39, 0.29) is 68.9 Å². The number of rotatable bonds is 16. The van der Waals surface area contributed by atoms with Crippen LogP contribution in [0.2, 0.25) is 5.02 Å². The lowest BCUT2D eigenvalue weighted by Crippen LogP contribution is -2.58. The predicted molar refractivity (Wildman–Crippen MR) is 267 cm³/mol. The molecule has 4 amide bonds. The molecule has 0 unspecified atom stereocenters. The fraction of sp³-hybridized carbons (Fsp3) is 0.308. The van der Waals surface area contributed by atoms with E-state index < -0.39 is 53.0 Å². The van der Waals surface area contributed by atoms with Gasteiger partial charge < -0.3 is 36.0 Å². The van der Waals surface area contributed by atoms with Crippen LogP contribution in [-0.2, 0) is 32.2 Å². The Kier molecular flexibility index (Phi) is 15.6. The summed E-state index contributed by atoms with van der Waals surface area (Å²) in [6, 6.07) is 21.2. The van der Waals surface area contributed by atoms with E-state index in [0.717, 1.165) is 21.7 Å². The maximum Gasteiger partial charge on any atom is 0.251 e. The SMILES string of the molecule is Cc1ncsc1-c1ccc(CNC(=O)[C@@H]2C[C@@H](O)CN2C(=O)[C@@H](NC(=O)COCCCNC(=O)c2ccc(Nc3ncc4c(n3)-c3ccc(Cl)cc3C(c3c(F)cccc3F)=NC4)cc2)C(C)(C)C)cc1. The van der Waals surface area contributed by atoms with E-state index >= 15 is 0 Å². The van der Waals surface area contributed by atoms with Gasteiger partial charge in [0.25, 0.3) is 5.91 Å². The summed E-state index contributed by atoms with van der Waals surface area (Å²) in [5, 5.41) is 22.6. The molecule has 4 aromatic carbocycles. The molecule has 6 aromatic rings. The Morgan fingerprint density at radius 2 is 1.70 bits per heavy atom. The number of benzene rings is 4. The summed E-state index contributed by atoms with van der Waals surface area (Å²) in [5.41, 5.74) is 6.91. The van der Waals surface area contributed by atoms with Crippen LogP contribution < -0.4 is 21.3 Å². The lowest BCUT2D eigenvalue weighted by Gasteiger charge is -2.35. The second-order valence-electron chi connectivity index (χ2n) is 18.3. The van der Waals surface area contributed by atoms with Crippen LogP contribution in [0, 0.1) is 24.0 Å². The number of carbonyl (C=O) groups excluding carboxylic acids is 4. The molecule has 0 spiro atoms. The number of ether oxygens (including phenoxy) is 1. The minimum absolute atomic E-state index is 0.0492. The number of aliphatic hydroxyl groups excluding tert-OH is 1. The molecular formula is C52H52ClF2N9O6S. The number of aliphatic hydroxyl groups is 1. The molecule has 5 N–H and O–H groups in total. The number of hydrogen-bond acceptors (Lipinski definition) is 12. The summed E-state index contributed by atoms with van der Waals surface area (Å²) < 4.78 is 35.5. The summed E-state index contributed by atoms with van der Waals surface area (Å²) in [7, 11) is 0. The number of nitrogens with one attached hydrogen (secondary N) is 4. The van der Waals surface area contributed by atoms with Gasteiger partial charge in [-0.3, -0.25) is 24.2 Å². The first-order valence-electron chi connectivity index (χ1n) is 23.0. The number of halogens is 3. The van der Waals surface area contributed by atoms with Crippen molar-refractivity contribution in [2.24, 2.45) is 10.4 Å². The monoisotopic (exact) mass is 1000 g/mol. The maximum absolute atomic E-state index is 15.0. The van der Waals surface area contributed by atoms with Crippen molar-refractivity contribution < 1.29 is 37.8 Å². The molecular weight excluding hydrogens is 952 g/mol. The van der Waals surface area contributed by atoms with Crippen molar-refractivity contribution in [3.8, 4) is 21.7 Å². The molecule has 71 heavy (non-hydrogen) atoms. The zero-order chi connectivity index (χ0) is 50.4. The minimum atomic E-state index is -1.01. The predicted octanol–water partition coefficient (Wildman–Crippen LogP) is 7.55. The molecule has 1 saturated heterocycles. The highest BCUT2D eigenvalue weighted by atomic mass is 35.5. The fourth-order valence-corrected chi connectivity index (χ4v) is 9.37. The first-order valence-corrected chi connectivity index (χ1v) is 24.2. The maximum atomic E-state index is 15.0. The Hall–Kier alpha value is -6.99. The molecule has 2 aliphatic rings. The van der Waals surface area contributed by atoms with Gasteiger partial charge in [0, 0.05) is 71.8 Å². The molecule has 2 aliphatic heterocycles. The van der Waals surface area contributed by atoms with Crippen LogP contribution in [0.4, 0.5) is 20.4 Å². The Morgan fingerprint density at radius 3 is 2.41 bits per heavy atom.